The molecule has 6 nitrogen and oxygen atoms in total. The second kappa shape index (κ2) is 11.9. The summed E-state index contributed by atoms with van der Waals surface area (Å²) in [4.78, 5) is 2.29. The molecule has 0 radical (unpaired) electrons. The van der Waals surface area contributed by atoms with E-state index >= 15 is 0 Å². The molecular formula is C27H37N3O3. The van der Waals surface area contributed by atoms with Crippen LogP contribution in [0.4, 0.5) is 0 Å². The first-order valence-electron chi connectivity index (χ1n) is 11.8. The number of aryl methyl sites for hydroxylation is 1. The Morgan fingerprint density at radius 3 is 2.45 bits per heavy atom. The molecule has 1 heterocycles. The zero-order chi connectivity index (χ0) is 23.8. The number of hydrogen-bond acceptors (Lipinski definition) is 5. The maximum absolute atomic E-state index is 10.6. The average Bonchev–Trinajstić information content (AvgIpc) is 3.12. The van der Waals surface area contributed by atoms with E-state index < -0.39 is 0 Å². The first-order valence-corrected chi connectivity index (χ1v) is 11.8. The van der Waals surface area contributed by atoms with Crippen LogP contribution in [0.2, 0.25) is 0 Å². The normalized spacial score (nSPS) is 12.4. The summed E-state index contributed by atoms with van der Waals surface area (Å²) in [7, 11) is 3.55. The molecule has 0 aliphatic carbocycles. The number of aliphatic hydroxyl groups is 1. The van der Waals surface area contributed by atoms with Gasteiger partial charge in [0.1, 0.15) is 17.2 Å². The molecule has 0 bridgehead atoms. The van der Waals surface area contributed by atoms with Crippen LogP contribution >= 0.6 is 0 Å². The Bertz CT molecular complexity index is 1000. The fraction of sp³-hybridized carbons (Fsp3) is 0.444. The van der Waals surface area contributed by atoms with Gasteiger partial charge in [0, 0.05) is 37.8 Å². The van der Waals surface area contributed by atoms with E-state index in [9.17, 15) is 5.11 Å². The predicted molar refractivity (Wildman–Crippen MR) is 133 cm³/mol. The van der Waals surface area contributed by atoms with E-state index in [1.54, 1.807) is 11.8 Å². The van der Waals surface area contributed by atoms with Crippen molar-refractivity contribution in [2.75, 3.05) is 13.7 Å². The van der Waals surface area contributed by atoms with E-state index in [2.05, 4.69) is 37.8 Å². The average molecular weight is 452 g/mol. The quantitative estimate of drug-likeness (QED) is 0.386. The monoisotopic (exact) mass is 451 g/mol. The summed E-state index contributed by atoms with van der Waals surface area (Å²) in [5.74, 6) is 2.12. The highest BCUT2D eigenvalue weighted by molar-refractivity contribution is 5.65. The van der Waals surface area contributed by atoms with E-state index in [0.29, 0.717) is 24.7 Å². The van der Waals surface area contributed by atoms with Crippen LogP contribution in [-0.4, -0.2) is 45.6 Å². The number of ether oxygens (including phenoxy) is 2. The van der Waals surface area contributed by atoms with E-state index in [-0.39, 0.29) is 12.1 Å². The van der Waals surface area contributed by atoms with Crippen LogP contribution < -0.4 is 9.47 Å². The molecule has 6 heteroatoms. The van der Waals surface area contributed by atoms with Gasteiger partial charge in [-0.05, 0) is 32.4 Å². The van der Waals surface area contributed by atoms with Crippen molar-refractivity contribution >= 4 is 0 Å². The summed E-state index contributed by atoms with van der Waals surface area (Å²) in [6, 6.07) is 18.0. The second-order valence-electron chi connectivity index (χ2n) is 8.72. The van der Waals surface area contributed by atoms with E-state index in [1.807, 2.05) is 49.5 Å². The number of unbranched alkanes of at least 4 members (excludes halogenated alkanes) is 1. The molecule has 0 aliphatic heterocycles. The summed E-state index contributed by atoms with van der Waals surface area (Å²) < 4.78 is 13.5. The van der Waals surface area contributed by atoms with Crippen molar-refractivity contribution in [1.29, 1.82) is 0 Å². The number of aliphatic hydroxyl groups excluding tert-OH is 1. The standard InChI is InChI=1S/C27H37N3O3/c1-6-7-14-22(31)18-30(20(2)3)19-25-26(21-12-9-8-10-13-21)28-29(4)27(25)33-24-16-11-15-23(17-24)32-5/h8-13,15-17,20,22,31H,6-7,14,18-19H2,1-5H3/t22-/m1/s1. The van der Waals surface area contributed by atoms with E-state index in [1.165, 1.54) is 0 Å². The van der Waals surface area contributed by atoms with Gasteiger partial charge in [-0.1, -0.05) is 56.2 Å². The molecule has 0 saturated carbocycles. The number of methoxy groups -OCH3 is 1. The lowest BCUT2D eigenvalue weighted by Crippen LogP contribution is -2.37. The van der Waals surface area contributed by atoms with Crippen LogP contribution in [0.3, 0.4) is 0 Å². The van der Waals surface area contributed by atoms with Crippen LogP contribution in [0.5, 0.6) is 17.4 Å². The summed E-state index contributed by atoms with van der Waals surface area (Å²) in [6.45, 7) is 7.70. The zero-order valence-electron chi connectivity index (χ0n) is 20.5. The highest BCUT2D eigenvalue weighted by Crippen LogP contribution is 2.35. The summed E-state index contributed by atoms with van der Waals surface area (Å²) in [5.41, 5.74) is 2.94. The van der Waals surface area contributed by atoms with Gasteiger partial charge in [0.2, 0.25) is 5.88 Å². The second-order valence-corrected chi connectivity index (χ2v) is 8.72. The first-order chi connectivity index (χ1) is 15.9. The van der Waals surface area contributed by atoms with Crippen molar-refractivity contribution in [3.05, 3.63) is 60.2 Å². The van der Waals surface area contributed by atoms with Gasteiger partial charge in [-0.15, -0.1) is 0 Å². The molecule has 178 valence electrons. The van der Waals surface area contributed by atoms with Crippen LogP contribution in [0.1, 0.15) is 45.6 Å². The fourth-order valence-electron chi connectivity index (χ4n) is 3.89. The van der Waals surface area contributed by atoms with Crippen molar-refractivity contribution in [3.8, 4) is 28.6 Å². The number of benzene rings is 2. The third-order valence-corrected chi connectivity index (χ3v) is 5.82. The van der Waals surface area contributed by atoms with Crippen molar-refractivity contribution in [2.45, 2.75) is 58.7 Å². The molecule has 1 aromatic heterocycles. The lowest BCUT2D eigenvalue weighted by molar-refractivity contribution is 0.0829. The van der Waals surface area contributed by atoms with Gasteiger partial charge in [0.25, 0.3) is 0 Å². The number of rotatable bonds is 12. The smallest absolute Gasteiger partial charge is 0.222 e. The molecule has 0 unspecified atom stereocenters. The molecule has 3 rings (SSSR count). The van der Waals surface area contributed by atoms with E-state index in [4.69, 9.17) is 14.6 Å². The van der Waals surface area contributed by atoms with Crippen molar-refractivity contribution in [1.82, 2.24) is 14.7 Å². The van der Waals surface area contributed by atoms with Crippen molar-refractivity contribution in [3.63, 3.8) is 0 Å². The molecule has 0 saturated heterocycles. The van der Waals surface area contributed by atoms with Crippen LogP contribution in [0.15, 0.2) is 54.6 Å². The molecule has 3 aromatic rings. The summed E-state index contributed by atoms with van der Waals surface area (Å²) in [5, 5.41) is 15.5. The summed E-state index contributed by atoms with van der Waals surface area (Å²) >= 11 is 0. The maximum atomic E-state index is 10.6. The topological polar surface area (TPSA) is 59.8 Å². The molecule has 0 fully saturated rings. The van der Waals surface area contributed by atoms with Gasteiger partial charge < -0.3 is 14.6 Å². The Balaban J connectivity index is 1.98. The first kappa shape index (κ1) is 24.8. The van der Waals surface area contributed by atoms with Crippen LogP contribution in [-0.2, 0) is 13.6 Å². The molecule has 0 amide bonds. The largest absolute Gasteiger partial charge is 0.497 e. The van der Waals surface area contributed by atoms with E-state index in [0.717, 1.165) is 41.8 Å². The molecule has 0 aliphatic rings. The molecule has 33 heavy (non-hydrogen) atoms. The SMILES string of the molecule is CCCC[C@@H](O)CN(Cc1c(-c2ccccc2)nn(C)c1Oc1cccc(OC)c1)C(C)C. The van der Waals surface area contributed by atoms with Gasteiger partial charge in [-0.2, -0.15) is 5.10 Å². The zero-order valence-corrected chi connectivity index (χ0v) is 20.5. The Hall–Kier alpha value is -2.83. The molecule has 2 aromatic carbocycles. The highest BCUT2D eigenvalue weighted by atomic mass is 16.5. The molecule has 1 atom stereocenters. The Kier molecular flexibility index (Phi) is 8.92. The molecule has 1 N–H and O–H groups in total. The molecule has 0 spiro atoms. The highest BCUT2D eigenvalue weighted by Gasteiger charge is 2.24. The van der Waals surface area contributed by atoms with Crippen LogP contribution in [0.25, 0.3) is 11.3 Å². The van der Waals surface area contributed by atoms with Gasteiger partial charge >= 0.3 is 0 Å². The maximum Gasteiger partial charge on any atom is 0.222 e. The Morgan fingerprint density at radius 2 is 1.79 bits per heavy atom. The van der Waals surface area contributed by atoms with Gasteiger partial charge in [-0.3, -0.25) is 4.90 Å². The van der Waals surface area contributed by atoms with Gasteiger partial charge in [0.05, 0.1) is 18.8 Å². The lowest BCUT2D eigenvalue weighted by Gasteiger charge is -2.29. The number of aromatic nitrogens is 2. The minimum atomic E-state index is -0.355. The Morgan fingerprint density at radius 1 is 1.06 bits per heavy atom. The van der Waals surface area contributed by atoms with Gasteiger partial charge in [0.15, 0.2) is 0 Å². The third kappa shape index (κ3) is 6.59. The van der Waals surface area contributed by atoms with Crippen LogP contribution in [0, 0.1) is 0 Å². The van der Waals surface area contributed by atoms with Gasteiger partial charge in [-0.25, -0.2) is 4.68 Å². The Labute approximate surface area is 197 Å². The van der Waals surface area contributed by atoms with Crippen molar-refractivity contribution < 1.29 is 14.6 Å². The number of hydrogen-bond donors (Lipinski definition) is 1. The minimum Gasteiger partial charge on any atom is -0.497 e. The fourth-order valence-corrected chi connectivity index (χ4v) is 3.89. The van der Waals surface area contributed by atoms with Crippen molar-refractivity contribution in [2.24, 2.45) is 7.05 Å². The number of nitrogens with zero attached hydrogens (tertiary/aromatic N) is 3. The predicted octanol–water partition coefficient (Wildman–Crippen LogP) is 5.65. The molecular weight excluding hydrogens is 414 g/mol. The summed E-state index contributed by atoms with van der Waals surface area (Å²) in [6.07, 6.45) is 2.56. The lowest BCUT2D eigenvalue weighted by atomic mass is 10.1. The third-order valence-electron chi connectivity index (χ3n) is 5.82. The minimum absolute atomic E-state index is 0.259.